The SMILES string of the molecule is O=C(NCCNc1ccc(Nc2ccncc2)nn1)Nc1ccc(F)c(Cl)c1. The van der Waals surface area contributed by atoms with Gasteiger partial charge < -0.3 is 21.3 Å². The highest BCUT2D eigenvalue weighted by Crippen LogP contribution is 2.19. The van der Waals surface area contributed by atoms with Gasteiger partial charge in [-0.25, -0.2) is 9.18 Å². The first kappa shape index (κ1) is 19.3. The number of aromatic nitrogens is 3. The summed E-state index contributed by atoms with van der Waals surface area (Å²) in [5.74, 6) is 0.639. The average Bonchev–Trinajstić information content (AvgIpc) is 2.70. The van der Waals surface area contributed by atoms with Gasteiger partial charge in [-0.05, 0) is 42.5 Å². The van der Waals surface area contributed by atoms with Crippen LogP contribution in [0.15, 0.2) is 54.9 Å². The minimum Gasteiger partial charge on any atom is -0.367 e. The quantitative estimate of drug-likeness (QED) is 0.451. The van der Waals surface area contributed by atoms with Crippen LogP contribution in [-0.2, 0) is 0 Å². The number of carbonyl (C=O) groups is 1. The number of carbonyl (C=O) groups excluding carboxylic acids is 1. The van der Waals surface area contributed by atoms with Crippen molar-refractivity contribution in [1.29, 1.82) is 0 Å². The molecule has 144 valence electrons. The van der Waals surface area contributed by atoms with Gasteiger partial charge in [-0.15, -0.1) is 10.2 Å². The molecule has 28 heavy (non-hydrogen) atoms. The Balaban J connectivity index is 1.38. The van der Waals surface area contributed by atoms with E-state index in [-0.39, 0.29) is 5.02 Å². The molecular formula is C18H17ClFN7O. The van der Waals surface area contributed by atoms with Crippen molar-refractivity contribution in [2.75, 3.05) is 29.0 Å². The third-order valence-electron chi connectivity index (χ3n) is 3.51. The molecule has 0 saturated carbocycles. The van der Waals surface area contributed by atoms with E-state index >= 15 is 0 Å². The first-order chi connectivity index (χ1) is 13.6. The third kappa shape index (κ3) is 5.78. The number of anilines is 4. The summed E-state index contributed by atoms with van der Waals surface area (Å²) >= 11 is 5.67. The second-order valence-corrected chi connectivity index (χ2v) is 6.01. The number of hydrogen-bond donors (Lipinski definition) is 4. The predicted molar refractivity (Wildman–Crippen MR) is 106 cm³/mol. The molecule has 0 aliphatic rings. The highest BCUT2D eigenvalue weighted by Gasteiger charge is 2.05. The normalized spacial score (nSPS) is 10.2. The lowest BCUT2D eigenvalue weighted by atomic mass is 10.3. The Morgan fingerprint density at radius 2 is 1.71 bits per heavy atom. The molecule has 10 heteroatoms. The zero-order valence-corrected chi connectivity index (χ0v) is 15.4. The number of amides is 2. The van der Waals surface area contributed by atoms with Crippen LogP contribution >= 0.6 is 11.6 Å². The van der Waals surface area contributed by atoms with Crippen molar-refractivity contribution in [3.63, 3.8) is 0 Å². The van der Waals surface area contributed by atoms with Crippen LogP contribution in [0, 0.1) is 5.82 Å². The molecule has 1 aromatic carbocycles. The molecule has 3 rings (SSSR count). The van der Waals surface area contributed by atoms with Gasteiger partial charge in [0.15, 0.2) is 5.82 Å². The maximum absolute atomic E-state index is 13.1. The summed E-state index contributed by atoms with van der Waals surface area (Å²) in [5.41, 5.74) is 1.27. The van der Waals surface area contributed by atoms with Crippen LogP contribution in [0.1, 0.15) is 0 Å². The van der Waals surface area contributed by atoms with E-state index in [0.29, 0.717) is 30.4 Å². The fourth-order valence-corrected chi connectivity index (χ4v) is 2.37. The molecule has 2 aromatic heterocycles. The van der Waals surface area contributed by atoms with E-state index in [1.54, 1.807) is 24.5 Å². The summed E-state index contributed by atoms with van der Waals surface area (Å²) in [4.78, 5) is 15.8. The van der Waals surface area contributed by atoms with Crippen molar-refractivity contribution in [3.8, 4) is 0 Å². The van der Waals surface area contributed by atoms with Crippen LogP contribution < -0.4 is 21.3 Å². The molecular weight excluding hydrogens is 385 g/mol. The molecule has 0 atom stereocenters. The van der Waals surface area contributed by atoms with Gasteiger partial charge in [0.2, 0.25) is 0 Å². The van der Waals surface area contributed by atoms with Gasteiger partial charge in [0.05, 0.1) is 5.02 Å². The topological polar surface area (TPSA) is 104 Å². The predicted octanol–water partition coefficient (Wildman–Crippen LogP) is 3.64. The highest BCUT2D eigenvalue weighted by molar-refractivity contribution is 6.31. The van der Waals surface area contributed by atoms with Crippen LogP contribution in [0.3, 0.4) is 0 Å². The molecule has 0 aliphatic carbocycles. The molecule has 4 N–H and O–H groups in total. The molecule has 0 fully saturated rings. The molecule has 2 amide bonds. The lowest BCUT2D eigenvalue weighted by Crippen LogP contribution is -2.32. The Morgan fingerprint density at radius 1 is 0.964 bits per heavy atom. The van der Waals surface area contributed by atoms with E-state index in [1.807, 2.05) is 12.1 Å². The number of hydrogen-bond acceptors (Lipinski definition) is 6. The third-order valence-corrected chi connectivity index (χ3v) is 3.80. The minimum atomic E-state index is -0.542. The summed E-state index contributed by atoms with van der Waals surface area (Å²) < 4.78 is 13.1. The fraction of sp³-hybridized carbons (Fsp3) is 0.111. The summed E-state index contributed by atoms with van der Waals surface area (Å²) in [6.07, 6.45) is 3.36. The van der Waals surface area contributed by atoms with E-state index in [0.717, 1.165) is 5.69 Å². The largest absolute Gasteiger partial charge is 0.367 e. The van der Waals surface area contributed by atoms with Crippen LogP contribution in [0.25, 0.3) is 0 Å². The molecule has 0 bridgehead atoms. The Hall–Kier alpha value is -3.46. The molecule has 0 aliphatic heterocycles. The molecule has 0 unspecified atom stereocenters. The van der Waals surface area contributed by atoms with E-state index < -0.39 is 11.8 Å². The monoisotopic (exact) mass is 401 g/mol. The second-order valence-electron chi connectivity index (χ2n) is 5.60. The van der Waals surface area contributed by atoms with Crippen molar-refractivity contribution in [3.05, 3.63) is 65.7 Å². The van der Waals surface area contributed by atoms with Crippen LogP contribution in [0.5, 0.6) is 0 Å². The number of halogens is 2. The Morgan fingerprint density at radius 3 is 2.43 bits per heavy atom. The lowest BCUT2D eigenvalue weighted by molar-refractivity contribution is 0.252. The van der Waals surface area contributed by atoms with Gasteiger partial charge in [0, 0.05) is 36.9 Å². The number of pyridine rings is 1. The summed E-state index contributed by atoms with van der Waals surface area (Å²) in [5, 5.41) is 19.5. The number of benzene rings is 1. The van der Waals surface area contributed by atoms with Crippen LogP contribution in [0.2, 0.25) is 5.02 Å². The van der Waals surface area contributed by atoms with Gasteiger partial charge in [-0.1, -0.05) is 11.6 Å². The molecule has 8 nitrogen and oxygen atoms in total. The molecule has 0 spiro atoms. The standard InChI is InChI=1S/C18H17ClFN7O/c19-14-11-13(1-2-15(14)20)25-18(28)23-10-9-22-16-3-4-17(27-26-16)24-12-5-7-21-8-6-12/h1-8,11H,9-10H2,(H,22,26)(H,21,24,27)(H2,23,25,28). The van der Waals surface area contributed by atoms with Crippen molar-refractivity contribution in [2.45, 2.75) is 0 Å². The highest BCUT2D eigenvalue weighted by atomic mass is 35.5. The zero-order chi connectivity index (χ0) is 19.8. The maximum atomic E-state index is 13.1. The van der Waals surface area contributed by atoms with Crippen molar-refractivity contribution in [1.82, 2.24) is 20.5 Å². The molecule has 0 saturated heterocycles. The van der Waals surface area contributed by atoms with Crippen molar-refractivity contribution in [2.24, 2.45) is 0 Å². The fourth-order valence-electron chi connectivity index (χ4n) is 2.19. The Kier molecular flexibility index (Phi) is 6.53. The van der Waals surface area contributed by atoms with E-state index in [9.17, 15) is 9.18 Å². The van der Waals surface area contributed by atoms with Crippen LogP contribution in [-0.4, -0.2) is 34.3 Å². The molecule has 2 heterocycles. The van der Waals surface area contributed by atoms with E-state index in [2.05, 4.69) is 36.4 Å². The minimum absolute atomic E-state index is 0.0556. The lowest BCUT2D eigenvalue weighted by Gasteiger charge is -2.09. The van der Waals surface area contributed by atoms with Gasteiger partial charge in [-0.3, -0.25) is 4.98 Å². The van der Waals surface area contributed by atoms with Gasteiger partial charge in [0.25, 0.3) is 0 Å². The first-order valence-corrected chi connectivity index (χ1v) is 8.72. The van der Waals surface area contributed by atoms with E-state index in [4.69, 9.17) is 11.6 Å². The summed E-state index contributed by atoms with van der Waals surface area (Å²) in [7, 11) is 0. The van der Waals surface area contributed by atoms with Crippen molar-refractivity contribution < 1.29 is 9.18 Å². The maximum Gasteiger partial charge on any atom is 0.319 e. The summed E-state index contributed by atoms with van der Waals surface area (Å²) in [6.45, 7) is 0.795. The number of rotatable bonds is 7. The van der Waals surface area contributed by atoms with Gasteiger partial charge in [0.1, 0.15) is 11.6 Å². The zero-order valence-electron chi connectivity index (χ0n) is 14.6. The molecule has 0 radical (unpaired) electrons. The summed E-state index contributed by atoms with van der Waals surface area (Å²) in [6, 6.07) is 10.7. The van der Waals surface area contributed by atoms with Crippen LogP contribution in [0.4, 0.5) is 32.2 Å². The second kappa shape index (κ2) is 9.47. The molecule has 3 aromatic rings. The average molecular weight is 402 g/mol. The Bertz CT molecular complexity index is 925. The Labute approximate surface area is 165 Å². The van der Waals surface area contributed by atoms with Crippen molar-refractivity contribution >= 4 is 40.6 Å². The smallest absolute Gasteiger partial charge is 0.319 e. The number of nitrogens with one attached hydrogen (secondary N) is 4. The number of urea groups is 1. The van der Waals surface area contributed by atoms with Gasteiger partial charge >= 0.3 is 6.03 Å². The first-order valence-electron chi connectivity index (χ1n) is 8.35. The number of nitrogens with zero attached hydrogens (tertiary/aromatic N) is 3. The van der Waals surface area contributed by atoms with E-state index in [1.165, 1.54) is 18.2 Å². The van der Waals surface area contributed by atoms with Gasteiger partial charge in [-0.2, -0.15) is 0 Å².